The fraction of sp³-hybridized carbons (Fsp3) is 0.375. The Hall–Kier alpha value is -1.45. The van der Waals surface area contributed by atoms with Crippen LogP contribution < -0.4 is 5.32 Å². The van der Waals surface area contributed by atoms with Gasteiger partial charge in [-0.15, -0.1) is 0 Å². The van der Waals surface area contributed by atoms with Crippen LogP contribution in [0.25, 0.3) is 0 Å². The Bertz CT molecular complexity index is 208. The zero-order chi connectivity index (χ0) is 9.40. The van der Waals surface area contributed by atoms with Gasteiger partial charge in [-0.2, -0.15) is 0 Å². The maximum absolute atomic E-state index is 10.7. The molecule has 4 heteroatoms. The maximum atomic E-state index is 10.7. The molecule has 0 fully saturated rings. The summed E-state index contributed by atoms with van der Waals surface area (Å²) in [5.74, 6) is -0.335. The first-order valence-electron chi connectivity index (χ1n) is 3.56. The molecular formula is C8H11NO3. The van der Waals surface area contributed by atoms with Gasteiger partial charge in [0.25, 0.3) is 0 Å². The predicted octanol–water partition coefficient (Wildman–Crippen LogP) is -0.163. The van der Waals surface area contributed by atoms with Gasteiger partial charge in [-0.1, -0.05) is 0 Å². The van der Waals surface area contributed by atoms with Gasteiger partial charge in [0.1, 0.15) is 12.1 Å². The third-order valence-electron chi connectivity index (χ3n) is 1.10. The molecule has 0 aliphatic heterocycles. The van der Waals surface area contributed by atoms with E-state index in [-0.39, 0.29) is 11.7 Å². The molecule has 0 heterocycles. The summed E-state index contributed by atoms with van der Waals surface area (Å²) in [5.41, 5.74) is 0. The van der Waals surface area contributed by atoms with Crippen LogP contribution >= 0.6 is 0 Å². The van der Waals surface area contributed by atoms with E-state index in [0.717, 1.165) is 12.2 Å². The first-order chi connectivity index (χ1) is 5.66. The lowest BCUT2D eigenvalue weighted by atomic mass is 10.3. The van der Waals surface area contributed by atoms with E-state index in [9.17, 15) is 14.4 Å². The van der Waals surface area contributed by atoms with Gasteiger partial charge in [0, 0.05) is 19.0 Å². The number of hydrogen-bond acceptors (Lipinski definition) is 3. The predicted molar refractivity (Wildman–Crippen MR) is 43.5 cm³/mol. The van der Waals surface area contributed by atoms with Crippen molar-refractivity contribution in [2.24, 2.45) is 0 Å². The quantitative estimate of drug-likeness (QED) is 0.459. The van der Waals surface area contributed by atoms with E-state index in [1.165, 1.54) is 6.92 Å². The van der Waals surface area contributed by atoms with Crippen LogP contribution in [0, 0.1) is 0 Å². The highest BCUT2D eigenvalue weighted by Gasteiger charge is 1.95. The Morgan fingerprint density at radius 3 is 2.58 bits per heavy atom. The molecule has 12 heavy (non-hydrogen) atoms. The molecule has 0 aromatic rings. The molecule has 0 bridgehead atoms. The minimum Gasteiger partial charge on any atom is -0.352 e. The van der Waals surface area contributed by atoms with Gasteiger partial charge in [0.2, 0.25) is 5.91 Å². The molecule has 1 amide bonds. The Morgan fingerprint density at radius 2 is 2.08 bits per heavy atom. The van der Waals surface area contributed by atoms with E-state index >= 15 is 0 Å². The molecule has 0 aliphatic carbocycles. The van der Waals surface area contributed by atoms with Crippen LogP contribution in [0.5, 0.6) is 0 Å². The van der Waals surface area contributed by atoms with Gasteiger partial charge in [-0.25, -0.2) is 0 Å². The first-order valence-corrected chi connectivity index (χ1v) is 3.56. The summed E-state index contributed by atoms with van der Waals surface area (Å²) in [4.78, 5) is 30.9. The second-order valence-electron chi connectivity index (χ2n) is 2.24. The van der Waals surface area contributed by atoms with E-state index < -0.39 is 0 Å². The Balaban J connectivity index is 3.50. The number of amides is 1. The van der Waals surface area contributed by atoms with Crippen molar-refractivity contribution >= 4 is 18.0 Å². The van der Waals surface area contributed by atoms with Gasteiger partial charge in [-0.3, -0.25) is 14.4 Å². The van der Waals surface area contributed by atoms with E-state index in [4.69, 9.17) is 0 Å². The highest BCUT2D eigenvalue weighted by atomic mass is 16.1. The number of allylic oxidation sites excluding steroid dienone is 1. The zero-order valence-corrected chi connectivity index (χ0v) is 6.87. The van der Waals surface area contributed by atoms with E-state index in [1.807, 2.05) is 0 Å². The number of rotatable bonds is 5. The van der Waals surface area contributed by atoms with Crippen molar-refractivity contribution < 1.29 is 14.4 Å². The van der Waals surface area contributed by atoms with Crippen molar-refractivity contribution in [1.29, 1.82) is 0 Å². The summed E-state index contributed by atoms with van der Waals surface area (Å²) >= 11 is 0. The molecule has 0 aromatic heterocycles. The van der Waals surface area contributed by atoms with Gasteiger partial charge >= 0.3 is 0 Å². The highest BCUT2D eigenvalue weighted by molar-refractivity contribution is 5.91. The van der Waals surface area contributed by atoms with Crippen LogP contribution in [0.3, 0.4) is 0 Å². The zero-order valence-electron chi connectivity index (χ0n) is 6.87. The lowest BCUT2D eigenvalue weighted by Crippen LogP contribution is -2.23. The average molecular weight is 169 g/mol. The van der Waals surface area contributed by atoms with Crippen LogP contribution in [0.2, 0.25) is 0 Å². The summed E-state index contributed by atoms with van der Waals surface area (Å²) < 4.78 is 0. The topological polar surface area (TPSA) is 63.2 Å². The Labute approximate surface area is 70.6 Å². The van der Waals surface area contributed by atoms with Crippen LogP contribution in [-0.4, -0.2) is 24.5 Å². The number of nitrogens with one attached hydrogen (secondary N) is 1. The normalized spacial score (nSPS) is 9.75. The third kappa shape index (κ3) is 6.67. The smallest absolute Gasteiger partial charge is 0.244 e. The van der Waals surface area contributed by atoms with Gasteiger partial charge < -0.3 is 5.32 Å². The maximum Gasteiger partial charge on any atom is 0.244 e. The average Bonchev–Trinajstić information content (AvgIpc) is 2.00. The SMILES string of the molecule is CC(=O)CCNC(=O)/C=C\C=O. The molecule has 0 spiro atoms. The lowest BCUT2D eigenvalue weighted by Gasteiger charge is -1.97. The molecule has 0 radical (unpaired) electrons. The first kappa shape index (κ1) is 10.6. The van der Waals surface area contributed by atoms with E-state index in [2.05, 4.69) is 5.32 Å². The van der Waals surface area contributed by atoms with Crippen LogP contribution in [-0.2, 0) is 14.4 Å². The number of Topliss-reactive ketones (excluding diaryl/α,β-unsaturated/α-hetero) is 1. The fourth-order valence-corrected chi connectivity index (χ4v) is 0.547. The minimum atomic E-state index is -0.358. The van der Waals surface area contributed by atoms with Crippen molar-refractivity contribution in [3.05, 3.63) is 12.2 Å². The number of aldehydes is 1. The molecule has 0 rings (SSSR count). The van der Waals surface area contributed by atoms with Crippen molar-refractivity contribution in [2.45, 2.75) is 13.3 Å². The lowest BCUT2D eigenvalue weighted by molar-refractivity contribution is -0.118. The molecule has 0 saturated heterocycles. The van der Waals surface area contributed by atoms with Gasteiger partial charge in [0.05, 0.1) is 0 Å². The van der Waals surface area contributed by atoms with Crippen molar-refractivity contribution in [3.63, 3.8) is 0 Å². The molecular weight excluding hydrogens is 158 g/mol. The number of hydrogen-bond donors (Lipinski definition) is 1. The number of carbonyl (C=O) groups excluding carboxylic acids is 3. The van der Waals surface area contributed by atoms with Gasteiger partial charge in [-0.05, 0) is 13.0 Å². The number of ketones is 1. The van der Waals surface area contributed by atoms with E-state index in [0.29, 0.717) is 19.3 Å². The van der Waals surface area contributed by atoms with Crippen LogP contribution in [0.1, 0.15) is 13.3 Å². The molecule has 66 valence electrons. The summed E-state index contributed by atoms with van der Waals surface area (Å²) in [6.45, 7) is 1.77. The molecule has 4 nitrogen and oxygen atoms in total. The molecule has 0 aromatic carbocycles. The van der Waals surface area contributed by atoms with E-state index in [1.54, 1.807) is 0 Å². The second-order valence-corrected chi connectivity index (χ2v) is 2.24. The molecule has 0 saturated carbocycles. The Morgan fingerprint density at radius 1 is 1.42 bits per heavy atom. The largest absolute Gasteiger partial charge is 0.352 e. The standard InChI is InChI=1S/C8H11NO3/c1-7(11)4-5-9-8(12)3-2-6-10/h2-3,6H,4-5H2,1H3,(H,9,12)/b3-2-. The molecule has 0 atom stereocenters. The van der Waals surface area contributed by atoms with Crippen molar-refractivity contribution in [1.82, 2.24) is 5.32 Å². The monoisotopic (exact) mass is 169 g/mol. The summed E-state index contributed by atoms with van der Waals surface area (Å²) in [5, 5.41) is 2.44. The summed E-state index contributed by atoms with van der Waals surface area (Å²) in [7, 11) is 0. The van der Waals surface area contributed by atoms with Crippen molar-refractivity contribution in [3.8, 4) is 0 Å². The Kier molecular flexibility index (Phi) is 5.51. The molecule has 0 aliphatic rings. The van der Waals surface area contributed by atoms with Crippen LogP contribution in [0.4, 0.5) is 0 Å². The van der Waals surface area contributed by atoms with Gasteiger partial charge in [0.15, 0.2) is 0 Å². The van der Waals surface area contributed by atoms with Crippen molar-refractivity contribution in [2.75, 3.05) is 6.54 Å². The van der Waals surface area contributed by atoms with Crippen LogP contribution in [0.15, 0.2) is 12.2 Å². The summed E-state index contributed by atoms with van der Waals surface area (Å²) in [6, 6.07) is 0. The third-order valence-corrected chi connectivity index (χ3v) is 1.10. The molecule has 1 N–H and O–H groups in total. The highest BCUT2D eigenvalue weighted by Crippen LogP contribution is 1.78. The summed E-state index contributed by atoms with van der Waals surface area (Å²) in [6.07, 6.45) is 3.06. The fourth-order valence-electron chi connectivity index (χ4n) is 0.547. The molecule has 0 unspecified atom stereocenters. The minimum absolute atomic E-state index is 0.0228. The number of carbonyl (C=O) groups is 3. The second kappa shape index (κ2) is 6.27.